The second kappa shape index (κ2) is 7.76. The first-order valence-corrected chi connectivity index (χ1v) is 8.97. The number of nitrogens with one attached hydrogen (secondary N) is 1. The second-order valence-corrected chi connectivity index (χ2v) is 7.60. The molecule has 3 rings (SSSR count). The maximum atomic E-state index is 13.1. The molecule has 0 fully saturated rings. The molecular weight excluding hydrogens is 357 g/mol. The molecule has 0 saturated heterocycles. The maximum absolute atomic E-state index is 13.1. The molecule has 0 aliphatic heterocycles. The summed E-state index contributed by atoms with van der Waals surface area (Å²) in [5, 5.41) is 7.00. The Morgan fingerprint density at radius 1 is 1.00 bits per heavy atom. The summed E-state index contributed by atoms with van der Waals surface area (Å²) in [6.07, 6.45) is 0. The van der Waals surface area contributed by atoms with Gasteiger partial charge in [-0.3, -0.25) is 9.59 Å². The van der Waals surface area contributed by atoms with Crippen LogP contribution in [0.5, 0.6) is 0 Å². The van der Waals surface area contributed by atoms with E-state index in [0.29, 0.717) is 16.9 Å². The van der Waals surface area contributed by atoms with E-state index < -0.39 is 0 Å². The number of rotatable bonds is 4. The normalized spacial score (nSPS) is 11.3. The molecule has 0 atom stereocenters. The van der Waals surface area contributed by atoms with Crippen molar-refractivity contribution in [2.75, 3.05) is 5.32 Å². The first-order chi connectivity index (χ1) is 13.2. The molecule has 3 aromatic rings. The van der Waals surface area contributed by atoms with Crippen LogP contribution in [0, 0.1) is 5.82 Å². The van der Waals surface area contributed by atoms with E-state index in [2.05, 4.69) is 31.2 Å². The van der Waals surface area contributed by atoms with Crippen LogP contribution in [0.15, 0.2) is 65.5 Å². The molecule has 0 radical (unpaired) electrons. The number of benzene rings is 2. The Balaban J connectivity index is 1.74. The highest BCUT2D eigenvalue weighted by Gasteiger charge is 2.13. The number of halogens is 1. The highest BCUT2D eigenvalue weighted by atomic mass is 19.1. The first kappa shape index (κ1) is 19.5. The smallest absolute Gasteiger partial charge is 0.267 e. The molecule has 0 saturated carbocycles. The van der Waals surface area contributed by atoms with Gasteiger partial charge in [0.1, 0.15) is 12.4 Å². The van der Waals surface area contributed by atoms with Crippen LogP contribution in [0.3, 0.4) is 0 Å². The molecule has 0 bridgehead atoms. The minimum atomic E-state index is -0.385. The molecule has 1 N–H and O–H groups in total. The summed E-state index contributed by atoms with van der Waals surface area (Å²) >= 11 is 0. The van der Waals surface area contributed by atoms with Crippen LogP contribution in [0.4, 0.5) is 10.1 Å². The van der Waals surface area contributed by atoms with Crippen molar-refractivity contribution < 1.29 is 9.18 Å². The number of hydrogen-bond donors (Lipinski definition) is 1. The summed E-state index contributed by atoms with van der Waals surface area (Å²) in [6, 6.07) is 16.3. The SMILES string of the molecule is CC(C)(C)c1ccc(NC(=O)Cn2nc(-c3ccc(F)cc3)ccc2=O)cc1. The van der Waals surface area contributed by atoms with E-state index >= 15 is 0 Å². The van der Waals surface area contributed by atoms with Gasteiger partial charge in [-0.05, 0) is 53.4 Å². The molecule has 1 aromatic heterocycles. The van der Waals surface area contributed by atoms with E-state index in [1.807, 2.05) is 24.3 Å². The second-order valence-electron chi connectivity index (χ2n) is 7.60. The van der Waals surface area contributed by atoms with E-state index in [-0.39, 0.29) is 29.2 Å². The highest BCUT2D eigenvalue weighted by Crippen LogP contribution is 2.23. The summed E-state index contributed by atoms with van der Waals surface area (Å²) in [5.41, 5.74) is 2.61. The van der Waals surface area contributed by atoms with Crippen molar-refractivity contribution in [3.8, 4) is 11.3 Å². The van der Waals surface area contributed by atoms with Gasteiger partial charge >= 0.3 is 0 Å². The van der Waals surface area contributed by atoms with E-state index in [4.69, 9.17) is 0 Å². The van der Waals surface area contributed by atoms with Crippen LogP contribution in [0.2, 0.25) is 0 Å². The number of nitrogens with zero attached hydrogens (tertiary/aromatic N) is 2. The van der Waals surface area contributed by atoms with Gasteiger partial charge in [-0.15, -0.1) is 0 Å². The summed E-state index contributed by atoms with van der Waals surface area (Å²) < 4.78 is 14.2. The minimum Gasteiger partial charge on any atom is -0.324 e. The largest absolute Gasteiger partial charge is 0.324 e. The summed E-state index contributed by atoms with van der Waals surface area (Å²) in [5.74, 6) is -0.705. The van der Waals surface area contributed by atoms with Crippen molar-refractivity contribution in [1.29, 1.82) is 0 Å². The van der Waals surface area contributed by atoms with Gasteiger partial charge in [-0.1, -0.05) is 32.9 Å². The van der Waals surface area contributed by atoms with Crippen LogP contribution in [0.25, 0.3) is 11.3 Å². The maximum Gasteiger partial charge on any atom is 0.267 e. The quantitative estimate of drug-likeness (QED) is 0.746. The summed E-state index contributed by atoms with van der Waals surface area (Å²) in [7, 11) is 0. The molecule has 144 valence electrons. The Morgan fingerprint density at radius 2 is 1.64 bits per heavy atom. The van der Waals surface area contributed by atoms with Gasteiger partial charge in [-0.2, -0.15) is 5.10 Å². The lowest BCUT2D eigenvalue weighted by atomic mass is 9.87. The van der Waals surface area contributed by atoms with Crippen LogP contribution in [0.1, 0.15) is 26.3 Å². The Kier molecular flexibility index (Phi) is 5.40. The third-order valence-electron chi connectivity index (χ3n) is 4.33. The molecule has 0 aliphatic carbocycles. The van der Waals surface area contributed by atoms with Crippen molar-refractivity contribution in [3.63, 3.8) is 0 Å². The summed E-state index contributed by atoms with van der Waals surface area (Å²) in [4.78, 5) is 24.4. The number of carbonyl (C=O) groups excluding carboxylic acids is 1. The first-order valence-electron chi connectivity index (χ1n) is 8.97. The fourth-order valence-corrected chi connectivity index (χ4v) is 2.73. The molecule has 2 aromatic carbocycles. The Hall–Kier alpha value is -3.28. The predicted octanol–water partition coefficient (Wildman–Crippen LogP) is 3.99. The van der Waals surface area contributed by atoms with Crippen molar-refractivity contribution in [2.24, 2.45) is 0 Å². The highest BCUT2D eigenvalue weighted by molar-refractivity contribution is 5.90. The zero-order valence-corrected chi connectivity index (χ0v) is 16.1. The van der Waals surface area contributed by atoms with Crippen molar-refractivity contribution >= 4 is 11.6 Å². The number of hydrogen-bond acceptors (Lipinski definition) is 3. The van der Waals surface area contributed by atoms with Gasteiger partial charge < -0.3 is 5.32 Å². The standard InChI is InChI=1S/C22H22FN3O2/c1-22(2,3)16-6-10-18(11-7-16)24-20(27)14-26-21(28)13-12-19(25-26)15-4-8-17(23)9-5-15/h4-13H,14H2,1-3H3,(H,24,27). The summed E-state index contributed by atoms with van der Waals surface area (Å²) in [6.45, 7) is 6.14. The van der Waals surface area contributed by atoms with E-state index in [9.17, 15) is 14.0 Å². The van der Waals surface area contributed by atoms with E-state index in [1.54, 1.807) is 18.2 Å². The van der Waals surface area contributed by atoms with E-state index in [1.165, 1.54) is 18.2 Å². The lowest BCUT2D eigenvalue weighted by Gasteiger charge is -2.19. The Bertz CT molecular complexity index is 1030. The zero-order valence-electron chi connectivity index (χ0n) is 16.1. The van der Waals surface area contributed by atoms with Gasteiger partial charge in [0, 0.05) is 17.3 Å². The molecule has 5 nitrogen and oxygen atoms in total. The van der Waals surface area contributed by atoms with Gasteiger partial charge in [0.2, 0.25) is 5.91 Å². The number of aromatic nitrogens is 2. The molecular formula is C22H22FN3O2. The Labute approximate surface area is 162 Å². The monoisotopic (exact) mass is 379 g/mol. The number of amides is 1. The minimum absolute atomic E-state index is 0.0283. The van der Waals surface area contributed by atoms with Gasteiger partial charge in [0.15, 0.2) is 0 Å². The lowest BCUT2D eigenvalue weighted by Crippen LogP contribution is -2.29. The van der Waals surface area contributed by atoms with Crippen molar-refractivity contribution in [2.45, 2.75) is 32.7 Å². The van der Waals surface area contributed by atoms with Crippen molar-refractivity contribution in [1.82, 2.24) is 9.78 Å². The lowest BCUT2D eigenvalue weighted by molar-refractivity contribution is -0.117. The Morgan fingerprint density at radius 3 is 2.25 bits per heavy atom. The molecule has 1 heterocycles. The van der Waals surface area contributed by atoms with Crippen LogP contribution in [-0.2, 0) is 16.8 Å². The van der Waals surface area contributed by atoms with Crippen LogP contribution >= 0.6 is 0 Å². The fraction of sp³-hybridized carbons (Fsp3) is 0.227. The van der Waals surface area contributed by atoms with Gasteiger partial charge in [0.25, 0.3) is 5.56 Å². The third-order valence-corrected chi connectivity index (χ3v) is 4.33. The average Bonchev–Trinajstić information content (AvgIpc) is 2.64. The van der Waals surface area contributed by atoms with E-state index in [0.717, 1.165) is 10.2 Å². The van der Waals surface area contributed by atoms with Crippen molar-refractivity contribution in [3.05, 3.63) is 82.4 Å². The topological polar surface area (TPSA) is 64.0 Å². The molecule has 0 spiro atoms. The third kappa shape index (κ3) is 4.71. The molecule has 28 heavy (non-hydrogen) atoms. The average molecular weight is 379 g/mol. The number of anilines is 1. The zero-order chi connectivity index (χ0) is 20.3. The van der Waals surface area contributed by atoms with Crippen LogP contribution < -0.4 is 10.9 Å². The van der Waals surface area contributed by atoms with Gasteiger partial charge in [-0.25, -0.2) is 9.07 Å². The predicted molar refractivity (Wildman–Crippen MR) is 108 cm³/mol. The van der Waals surface area contributed by atoms with Gasteiger partial charge in [0.05, 0.1) is 5.69 Å². The fourth-order valence-electron chi connectivity index (χ4n) is 2.73. The molecule has 6 heteroatoms. The molecule has 0 aliphatic rings. The van der Waals surface area contributed by atoms with Crippen LogP contribution in [-0.4, -0.2) is 15.7 Å². The molecule has 0 unspecified atom stereocenters. The number of carbonyl (C=O) groups is 1. The molecule has 1 amide bonds.